The van der Waals surface area contributed by atoms with Gasteiger partial charge in [-0.3, -0.25) is 0 Å². The topological polar surface area (TPSA) is 3.24 Å². The molecular formula is C50H35N. The molecule has 0 spiro atoms. The van der Waals surface area contributed by atoms with Gasteiger partial charge in [0.15, 0.2) is 0 Å². The Labute approximate surface area is 299 Å². The molecule has 0 radical (unpaired) electrons. The maximum absolute atomic E-state index is 2.49. The lowest BCUT2D eigenvalue weighted by atomic mass is 9.59. The lowest BCUT2D eigenvalue weighted by Crippen LogP contribution is -2.30. The average Bonchev–Trinajstić information content (AvgIpc) is 3.22. The normalized spacial score (nSPS) is 15.1. The number of benzene rings is 8. The van der Waals surface area contributed by atoms with Crippen molar-refractivity contribution >= 4 is 17.1 Å². The molecule has 51 heavy (non-hydrogen) atoms. The van der Waals surface area contributed by atoms with E-state index < -0.39 is 0 Å². The summed E-state index contributed by atoms with van der Waals surface area (Å²) in [5, 5.41) is 0. The van der Waals surface area contributed by atoms with E-state index in [1.165, 1.54) is 72.4 Å². The van der Waals surface area contributed by atoms with E-state index in [4.69, 9.17) is 0 Å². The SMILES string of the molecule is c1ccc(-c2ccc(N(c3ccc(-c4ccccc4)cc3)c3ccc(-c4ccccc4)c4c3C3c5ccccc5C4c4ccccc43)cc2)cc1. The van der Waals surface area contributed by atoms with Crippen LogP contribution in [0, 0.1) is 0 Å². The summed E-state index contributed by atoms with van der Waals surface area (Å²) in [5.41, 5.74) is 19.4. The molecule has 8 aromatic carbocycles. The van der Waals surface area contributed by atoms with E-state index >= 15 is 0 Å². The number of anilines is 3. The summed E-state index contributed by atoms with van der Waals surface area (Å²) >= 11 is 0. The molecule has 0 saturated carbocycles. The minimum atomic E-state index is 0.116. The minimum absolute atomic E-state index is 0.116. The number of nitrogens with zero attached hydrogens (tertiary/aromatic N) is 1. The molecule has 11 rings (SSSR count). The second-order valence-electron chi connectivity index (χ2n) is 13.6. The fourth-order valence-corrected chi connectivity index (χ4v) is 8.63. The first-order valence-corrected chi connectivity index (χ1v) is 17.8. The number of hydrogen-bond donors (Lipinski definition) is 0. The van der Waals surface area contributed by atoms with Crippen LogP contribution in [-0.4, -0.2) is 0 Å². The van der Waals surface area contributed by atoms with Crippen molar-refractivity contribution < 1.29 is 0 Å². The Morgan fingerprint density at radius 3 is 1.06 bits per heavy atom. The van der Waals surface area contributed by atoms with Crippen molar-refractivity contribution in [3.63, 3.8) is 0 Å². The maximum Gasteiger partial charge on any atom is 0.0506 e. The highest BCUT2D eigenvalue weighted by Crippen LogP contribution is 2.60. The van der Waals surface area contributed by atoms with Crippen LogP contribution in [-0.2, 0) is 0 Å². The summed E-state index contributed by atoms with van der Waals surface area (Å²) in [6.45, 7) is 0. The van der Waals surface area contributed by atoms with Crippen LogP contribution in [0.2, 0.25) is 0 Å². The Hall–Kier alpha value is -6.44. The Balaban J connectivity index is 1.23. The molecule has 0 N–H and O–H groups in total. The molecular weight excluding hydrogens is 615 g/mol. The van der Waals surface area contributed by atoms with Gasteiger partial charge in [0.05, 0.1) is 5.69 Å². The fraction of sp³-hybridized carbons (Fsp3) is 0.0400. The van der Waals surface area contributed by atoms with Crippen LogP contribution in [0.3, 0.4) is 0 Å². The van der Waals surface area contributed by atoms with Crippen LogP contribution < -0.4 is 4.90 Å². The first-order chi connectivity index (χ1) is 25.3. The molecule has 0 fully saturated rings. The summed E-state index contributed by atoms with van der Waals surface area (Å²) < 4.78 is 0. The van der Waals surface area contributed by atoms with Crippen molar-refractivity contribution in [3.8, 4) is 33.4 Å². The molecule has 0 aliphatic heterocycles. The van der Waals surface area contributed by atoms with Crippen LogP contribution in [0.5, 0.6) is 0 Å². The van der Waals surface area contributed by atoms with E-state index in [0.29, 0.717) is 0 Å². The Kier molecular flexibility index (Phi) is 7.03. The zero-order valence-electron chi connectivity index (χ0n) is 28.2. The van der Waals surface area contributed by atoms with E-state index in [-0.39, 0.29) is 11.8 Å². The molecule has 0 saturated heterocycles. The smallest absolute Gasteiger partial charge is 0.0506 e. The fourth-order valence-electron chi connectivity index (χ4n) is 8.63. The first kappa shape index (κ1) is 29.5. The van der Waals surface area contributed by atoms with Crippen molar-refractivity contribution in [2.45, 2.75) is 11.8 Å². The molecule has 2 bridgehead atoms. The second kappa shape index (κ2) is 12.2. The molecule has 0 aromatic heterocycles. The first-order valence-electron chi connectivity index (χ1n) is 17.8. The maximum atomic E-state index is 2.49. The van der Waals surface area contributed by atoms with Crippen LogP contribution in [0.4, 0.5) is 17.1 Å². The molecule has 8 aromatic rings. The summed E-state index contributed by atoms with van der Waals surface area (Å²) in [5.74, 6) is 0.265. The number of hydrogen-bond acceptors (Lipinski definition) is 1. The lowest BCUT2D eigenvalue weighted by Gasteiger charge is -2.45. The summed E-state index contributed by atoms with van der Waals surface area (Å²) in [4.78, 5) is 2.49. The van der Waals surface area contributed by atoms with Crippen LogP contribution in [0.25, 0.3) is 33.4 Å². The lowest BCUT2D eigenvalue weighted by molar-refractivity contribution is 0.755. The summed E-state index contributed by atoms with van der Waals surface area (Å²) in [6, 6.07) is 73.5. The third-order valence-corrected chi connectivity index (χ3v) is 10.9. The predicted octanol–water partition coefficient (Wildman–Crippen LogP) is 13.1. The van der Waals surface area contributed by atoms with Crippen LogP contribution in [0.15, 0.2) is 200 Å². The van der Waals surface area contributed by atoms with Crippen molar-refractivity contribution in [3.05, 3.63) is 234 Å². The Bertz CT molecular complexity index is 2370. The van der Waals surface area contributed by atoms with Gasteiger partial charge in [0.25, 0.3) is 0 Å². The van der Waals surface area contributed by atoms with Gasteiger partial charge in [-0.05, 0) is 97.1 Å². The van der Waals surface area contributed by atoms with Gasteiger partial charge in [0.1, 0.15) is 0 Å². The summed E-state index contributed by atoms with van der Waals surface area (Å²) in [7, 11) is 0. The largest absolute Gasteiger partial charge is 0.310 e. The molecule has 240 valence electrons. The molecule has 3 aliphatic carbocycles. The van der Waals surface area contributed by atoms with Crippen molar-refractivity contribution in [2.24, 2.45) is 0 Å². The Morgan fingerprint density at radius 2 is 0.627 bits per heavy atom. The predicted molar refractivity (Wildman–Crippen MR) is 212 cm³/mol. The zero-order chi connectivity index (χ0) is 33.7. The van der Waals surface area contributed by atoms with Crippen molar-refractivity contribution in [1.82, 2.24) is 0 Å². The van der Waals surface area contributed by atoms with E-state index in [2.05, 4.69) is 205 Å². The van der Waals surface area contributed by atoms with E-state index in [9.17, 15) is 0 Å². The summed E-state index contributed by atoms with van der Waals surface area (Å²) in [6.07, 6.45) is 0. The van der Waals surface area contributed by atoms with Crippen molar-refractivity contribution in [2.75, 3.05) is 4.90 Å². The van der Waals surface area contributed by atoms with Gasteiger partial charge in [-0.1, -0.05) is 170 Å². The molecule has 1 nitrogen and oxygen atoms in total. The van der Waals surface area contributed by atoms with Gasteiger partial charge in [0, 0.05) is 23.2 Å². The molecule has 0 amide bonds. The second-order valence-corrected chi connectivity index (χ2v) is 13.6. The van der Waals surface area contributed by atoms with Gasteiger partial charge in [0.2, 0.25) is 0 Å². The van der Waals surface area contributed by atoms with E-state index in [0.717, 1.165) is 11.4 Å². The van der Waals surface area contributed by atoms with Gasteiger partial charge in [-0.25, -0.2) is 0 Å². The van der Waals surface area contributed by atoms with Crippen LogP contribution >= 0.6 is 0 Å². The standard InChI is InChI=1S/C50H35N/c1-4-14-34(15-5-1)36-24-28-39(29-25-36)51(40-30-26-37(27-31-40)35-16-6-2-7-17-35)46-33-32-41(38-18-8-3-9-19-38)49-47-42-20-10-12-22-44(42)48(50(46)49)45-23-13-11-21-43(45)47/h1-33,47-48H. The number of rotatable bonds is 6. The van der Waals surface area contributed by atoms with Crippen molar-refractivity contribution in [1.29, 1.82) is 0 Å². The Morgan fingerprint density at radius 1 is 0.275 bits per heavy atom. The van der Waals surface area contributed by atoms with Gasteiger partial charge >= 0.3 is 0 Å². The van der Waals surface area contributed by atoms with Crippen LogP contribution in [0.1, 0.15) is 45.2 Å². The average molecular weight is 650 g/mol. The van der Waals surface area contributed by atoms with E-state index in [1.807, 2.05) is 0 Å². The molecule has 3 aliphatic rings. The third-order valence-electron chi connectivity index (χ3n) is 10.9. The zero-order valence-corrected chi connectivity index (χ0v) is 28.2. The monoisotopic (exact) mass is 649 g/mol. The molecule has 0 atom stereocenters. The highest BCUT2D eigenvalue weighted by molar-refractivity contribution is 5.89. The quantitative estimate of drug-likeness (QED) is 0.173. The molecule has 0 unspecified atom stereocenters. The highest BCUT2D eigenvalue weighted by Gasteiger charge is 2.44. The van der Waals surface area contributed by atoms with E-state index in [1.54, 1.807) is 0 Å². The van der Waals surface area contributed by atoms with Gasteiger partial charge < -0.3 is 4.90 Å². The molecule has 0 heterocycles. The minimum Gasteiger partial charge on any atom is -0.310 e. The third kappa shape index (κ3) is 4.85. The molecule has 1 heteroatoms. The highest BCUT2D eigenvalue weighted by atomic mass is 15.1. The van der Waals surface area contributed by atoms with Gasteiger partial charge in [-0.15, -0.1) is 0 Å². The van der Waals surface area contributed by atoms with Gasteiger partial charge in [-0.2, -0.15) is 0 Å².